The predicted octanol–water partition coefficient (Wildman–Crippen LogP) is 2.57. The lowest BCUT2D eigenvalue weighted by Gasteiger charge is -2.32. The number of nitrogens with zero attached hydrogens (tertiary/aromatic N) is 2. The van der Waals surface area contributed by atoms with Crippen molar-refractivity contribution in [2.24, 2.45) is 11.8 Å². The molecule has 184 valence electrons. The largest absolute Gasteiger partial charge is 0.395 e. The Hall–Kier alpha value is -2.89. The first kappa shape index (κ1) is 25.7. The first-order valence-corrected chi connectivity index (χ1v) is 12.3. The molecule has 1 aromatic heterocycles. The van der Waals surface area contributed by atoms with Gasteiger partial charge in [0.1, 0.15) is 11.7 Å². The summed E-state index contributed by atoms with van der Waals surface area (Å²) in [4.78, 5) is 26.4. The van der Waals surface area contributed by atoms with E-state index in [0.29, 0.717) is 44.1 Å². The number of hydrogen-bond acceptors (Lipinski definition) is 5. The first-order valence-electron chi connectivity index (χ1n) is 12.3. The lowest BCUT2D eigenvalue weighted by molar-refractivity contribution is -0.127. The summed E-state index contributed by atoms with van der Waals surface area (Å²) in [7, 11) is 0. The van der Waals surface area contributed by atoms with Crippen molar-refractivity contribution in [3.63, 3.8) is 0 Å². The number of rotatable bonds is 11. The molecule has 1 saturated carbocycles. The molecule has 3 rings (SSSR count). The number of fused-ring (bicyclic) bond motifs is 1. The summed E-state index contributed by atoms with van der Waals surface area (Å²) in [5.41, 5.74) is 1.54. The van der Waals surface area contributed by atoms with E-state index in [1.807, 2.05) is 48.7 Å². The standard InChI is InChI=1S/C26H37N5O3/c1-18(2)15-20(17-27)29-25(33)21-8-4-5-9-22(21)30-26(34)24-16-19-7-3-6-10-23(19)31(24)13-11-28-12-14-32/h3,6-7,10,16,18,20-22,28,32H,4-5,8-9,11-15H2,1-2H3,(H,29,33)(H,30,34)/t20-,21+,22-/m0/s1. The van der Waals surface area contributed by atoms with E-state index in [0.717, 1.165) is 30.2 Å². The molecule has 0 radical (unpaired) electrons. The van der Waals surface area contributed by atoms with Gasteiger partial charge in [-0.3, -0.25) is 9.59 Å². The Bertz CT molecular complexity index is 1010. The summed E-state index contributed by atoms with van der Waals surface area (Å²) in [6.07, 6.45) is 3.93. The first-order chi connectivity index (χ1) is 16.4. The Kier molecular flexibility index (Phi) is 9.49. The third-order valence-electron chi connectivity index (χ3n) is 6.44. The third kappa shape index (κ3) is 6.58. The van der Waals surface area contributed by atoms with Crippen LogP contribution in [0.4, 0.5) is 0 Å². The minimum absolute atomic E-state index is 0.0642. The van der Waals surface area contributed by atoms with E-state index in [9.17, 15) is 14.9 Å². The number of carbonyl (C=O) groups is 2. The van der Waals surface area contributed by atoms with Crippen molar-refractivity contribution < 1.29 is 14.7 Å². The molecule has 0 spiro atoms. The van der Waals surface area contributed by atoms with Gasteiger partial charge >= 0.3 is 0 Å². The number of amides is 2. The van der Waals surface area contributed by atoms with Gasteiger partial charge in [0.05, 0.1) is 18.6 Å². The zero-order chi connectivity index (χ0) is 24.5. The molecule has 1 fully saturated rings. The second kappa shape index (κ2) is 12.5. The van der Waals surface area contributed by atoms with E-state index in [4.69, 9.17) is 5.11 Å². The van der Waals surface area contributed by atoms with Crippen LogP contribution in [0.25, 0.3) is 10.9 Å². The summed E-state index contributed by atoms with van der Waals surface area (Å²) in [6, 6.07) is 11.2. The van der Waals surface area contributed by atoms with Gasteiger partial charge in [0.15, 0.2) is 0 Å². The smallest absolute Gasteiger partial charge is 0.268 e. The SMILES string of the molecule is CC(C)C[C@@H](C#N)NC(=O)[C@@H]1CCCC[C@@H]1NC(=O)c1cc2ccccc2n1CCNCCO. The molecule has 2 aromatic rings. The quantitative estimate of drug-likeness (QED) is 0.379. The van der Waals surface area contributed by atoms with E-state index in [-0.39, 0.29) is 30.4 Å². The van der Waals surface area contributed by atoms with Crippen LogP contribution in [0.15, 0.2) is 30.3 Å². The number of aliphatic hydroxyl groups is 1. The number of nitrogens with one attached hydrogen (secondary N) is 3. The van der Waals surface area contributed by atoms with Crippen molar-refractivity contribution in [2.75, 3.05) is 19.7 Å². The summed E-state index contributed by atoms with van der Waals surface area (Å²) >= 11 is 0. The van der Waals surface area contributed by atoms with Crippen LogP contribution in [0.5, 0.6) is 0 Å². The molecular weight excluding hydrogens is 430 g/mol. The van der Waals surface area contributed by atoms with Gasteiger partial charge in [-0.15, -0.1) is 0 Å². The lowest BCUT2D eigenvalue weighted by atomic mass is 9.83. The molecule has 0 bridgehead atoms. The van der Waals surface area contributed by atoms with E-state index in [1.54, 1.807) is 0 Å². The van der Waals surface area contributed by atoms with Crippen molar-refractivity contribution in [1.29, 1.82) is 5.26 Å². The summed E-state index contributed by atoms with van der Waals surface area (Å²) in [5, 5.41) is 28.6. The highest BCUT2D eigenvalue weighted by molar-refractivity contribution is 5.99. The van der Waals surface area contributed by atoms with E-state index in [1.165, 1.54) is 0 Å². The Morgan fingerprint density at radius 3 is 2.71 bits per heavy atom. The van der Waals surface area contributed by atoms with Gasteiger partial charge in [0.25, 0.3) is 5.91 Å². The molecule has 2 amide bonds. The van der Waals surface area contributed by atoms with Crippen molar-refractivity contribution in [2.45, 2.75) is 64.6 Å². The van der Waals surface area contributed by atoms with Gasteiger partial charge in [0, 0.05) is 36.6 Å². The molecule has 1 aromatic carbocycles. The van der Waals surface area contributed by atoms with Crippen molar-refractivity contribution in [1.82, 2.24) is 20.5 Å². The second-order valence-electron chi connectivity index (χ2n) is 9.50. The molecule has 3 atom stereocenters. The van der Waals surface area contributed by atoms with Gasteiger partial charge in [0.2, 0.25) is 5.91 Å². The molecule has 8 heteroatoms. The number of para-hydroxylation sites is 1. The number of benzene rings is 1. The van der Waals surface area contributed by atoms with Gasteiger partial charge in [-0.1, -0.05) is 44.9 Å². The Labute approximate surface area is 201 Å². The van der Waals surface area contributed by atoms with Crippen LogP contribution >= 0.6 is 0 Å². The fourth-order valence-electron chi connectivity index (χ4n) is 4.79. The highest BCUT2D eigenvalue weighted by Gasteiger charge is 2.33. The molecule has 34 heavy (non-hydrogen) atoms. The maximum atomic E-state index is 13.4. The highest BCUT2D eigenvalue weighted by atomic mass is 16.3. The van der Waals surface area contributed by atoms with E-state index >= 15 is 0 Å². The van der Waals surface area contributed by atoms with Gasteiger partial charge < -0.3 is 25.6 Å². The Morgan fingerprint density at radius 1 is 1.21 bits per heavy atom. The summed E-state index contributed by atoms with van der Waals surface area (Å²) in [5.74, 6) is -0.377. The number of aromatic nitrogens is 1. The van der Waals surface area contributed by atoms with Crippen molar-refractivity contribution >= 4 is 22.7 Å². The normalized spacial score (nSPS) is 19.0. The van der Waals surface area contributed by atoms with Crippen molar-refractivity contribution in [3.8, 4) is 6.07 Å². The molecule has 0 aliphatic heterocycles. The van der Waals surface area contributed by atoms with Gasteiger partial charge in [-0.2, -0.15) is 5.26 Å². The third-order valence-corrected chi connectivity index (χ3v) is 6.44. The molecular formula is C26H37N5O3. The zero-order valence-electron chi connectivity index (χ0n) is 20.2. The summed E-state index contributed by atoms with van der Waals surface area (Å²) < 4.78 is 1.99. The van der Waals surface area contributed by atoms with Crippen LogP contribution in [-0.4, -0.2) is 53.3 Å². The molecule has 8 nitrogen and oxygen atoms in total. The number of aliphatic hydroxyl groups excluding tert-OH is 1. The van der Waals surface area contributed by atoms with Crippen LogP contribution in [0.3, 0.4) is 0 Å². The second-order valence-corrected chi connectivity index (χ2v) is 9.50. The van der Waals surface area contributed by atoms with Crippen LogP contribution in [0, 0.1) is 23.2 Å². The zero-order valence-corrected chi connectivity index (χ0v) is 20.2. The number of hydrogen-bond donors (Lipinski definition) is 4. The average molecular weight is 468 g/mol. The predicted molar refractivity (Wildman–Crippen MR) is 132 cm³/mol. The fraction of sp³-hybridized carbons (Fsp3) is 0.577. The molecule has 1 aliphatic rings. The minimum Gasteiger partial charge on any atom is -0.395 e. The van der Waals surface area contributed by atoms with E-state index in [2.05, 4.69) is 22.0 Å². The van der Waals surface area contributed by atoms with Gasteiger partial charge in [-0.25, -0.2) is 0 Å². The number of nitriles is 1. The fourth-order valence-corrected chi connectivity index (χ4v) is 4.79. The monoisotopic (exact) mass is 467 g/mol. The minimum atomic E-state index is -0.514. The van der Waals surface area contributed by atoms with Crippen molar-refractivity contribution in [3.05, 3.63) is 36.0 Å². The maximum absolute atomic E-state index is 13.4. The maximum Gasteiger partial charge on any atom is 0.268 e. The molecule has 4 N–H and O–H groups in total. The molecule has 0 saturated heterocycles. The Morgan fingerprint density at radius 2 is 1.97 bits per heavy atom. The number of carbonyl (C=O) groups excluding carboxylic acids is 2. The van der Waals surface area contributed by atoms with E-state index < -0.39 is 6.04 Å². The highest BCUT2D eigenvalue weighted by Crippen LogP contribution is 2.26. The van der Waals surface area contributed by atoms with Crippen LogP contribution < -0.4 is 16.0 Å². The summed E-state index contributed by atoms with van der Waals surface area (Å²) in [6.45, 7) is 5.83. The van der Waals surface area contributed by atoms with Crippen LogP contribution in [0.1, 0.15) is 56.4 Å². The Balaban J connectivity index is 1.75. The molecule has 1 aliphatic carbocycles. The molecule has 1 heterocycles. The molecule has 0 unspecified atom stereocenters. The van der Waals surface area contributed by atoms with Crippen LogP contribution in [-0.2, 0) is 11.3 Å². The average Bonchev–Trinajstić information content (AvgIpc) is 3.20. The van der Waals surface area contributed by atoms with Crippen LogP contribution in [0.2, 0.25) is 0 Å². The topological polar surface area (TPSA) is 119 Å². The van der Waals surface area contributed by atoms with Gasteiger partial charge in [-0.05, 0) is 37.3 Å². The lowest BCUT2D eigenvalue weighted by Crippen LogP contribution is -2.50.